The molecule has 1 N–H and O–H groups in total. The van der Waals surface area contributed by atoms with Crippen molar-refractivity contribution in [3.63, 3.8) is 0 Å². The summed E-state index contributed by atoms with van der Waals surface area (Å²) in [7, 11) is 0. The molecule has 2 aromatic heterocycles. The Morgan fingerprint density at radius 1 is 1.12 bits per heavy atom. The summed E-state index contributed by atoms with van der Waals surface area (Å²) in [6.07, 6.45) is 1.10. The Labute approximate surface area is 151 Å². The molecule has 1 aliphatic carbocycles. The van der Waals surface area contributed by atoms with Gasteiger partial charge in [0.15, 0.2) is 0 Å². The molecule has 26 heavy (non-hydrogen) atoms. The molecule has 136 valence electrons. The van der Waals surface area contributed by atoms with Gasteiger partial charge in [-0.2, -0.15) is 13.2 Å². The van der Waals surface area contributed by atoms with Crippen LogP contribution in [0.15, 0.2) is 28.4 Å². The van der Waals surface area contributed by atoms with Gasteiger partial charge in [0.2, 0.25) is 5.69 Å². The fraction of sp³-hybridized carbons (Fsp3) is 0.389. The molecule has 0 radical (unpaired) electrons. The summed E-state index contributed by atoms with van der Waals surface area (Å²) >= 11 is 1.44. The summed E-state index contributed by atoms with van der Waals surface area (Å²) in [4.78, 5) is 22.4. The highest BCUT2D eigenvalue weighted by Gasteiger charge is 2.36. The Morgan fingerprint density at radius 2 is 1.88 bits per heavy atom. The third-order valence-corrected chi connectivity index (χ3v) is 5.67. The highest BCUT2D eigenvalue weighted by atomic mass is 32.1. The molecule has 1 aliphatic rings. The van der Waals surface area contributed by atoms with E-state index in [1.165, 1.54) is 36.7 Å². The monoisotopic (exact) mass is 379 g/mol. The van der Waals surface area contributed by atoms with E-state index >= 15 is 0 Å². The highest BCUT2D eigenvalue weighted by molar-refractivity contribution is 7.13. The number of rotatable bonds is 2. The van der Waals surface area contributed by atoms with E-state index in [-0.39, 0.29) is 11.0 Å². The third kappa shape index (κ3) is 3.13. The maximum absolute atomic E-state index is 12.9. The van der Waals surface area contributed by atoms with Crippen molar-refractivity contribution in [1.82, 2.24) is 15.0 Å². The number of hydrogen-bond acceptors (Lipinski definition) is 4. The molecule has 1 saturated carbocycles. The number of para-hydroxylation sites is 1. The zero-order valence-electron chi connectivity index (χ0n) is 13.8. The minimum absolute atomic E-state index is 0.101. The quantitative estimate of drug-likeness (QED) is 0.673. The number of nitrogens with zero attached hydrogens (tertiary/aromatic N) is 2. The van der Waals surface area contributed by atoms with Crippen molar-refractivity contribution in [3.8, 4) is 10.6 Å². The predicted octanol–water partition coefficient (Wildman–Crippen LogP) is 5.11. The van der Waals surface area contributed by atoms with Gasteiger partial charge >= 0.3 is 6.18 Å². The highest BCUT2D eigenvalue weighted by Crippen LogP contribution is 2.36. The molecule has 1 aromatic carbocycles. The number of hydrogen-bond donors (Lipinski definition) is 1. The SMILES string of the molecule is O=c1[nH]c2c(-c3nc(C4CCCCC4)cs3)cccc2nc1C(F)(F)F. The van der Waals surface area contributed by atoms with Gasteiger partial charge in [0.05, 0.1) is 16.7 Å². The van der Waals surface area contributed by atoms with Gasteiger partial charge in [-0.15, -0.1) is 11.3 Å². The van der Waals surface area contributed by atoms with Crippen LogP contribution in [0.1, 0.15) is 49.4 Å². The maximum Gasteiger partial charge on any atom is 0.438 e. The summed E-state index contributed by atoms with van der Waals surface area (Å²) in [6, 6.07) is 4.83. The van der Waals surface area contributed by atoms with E-state index in [0.29, 0.717) is 16.5 Å². The fourth-order valence-electron chi connectivity index (χ4n) is 3.47. The number of H-pyrrole nitrogens is 1. The molecule has 8 heteroatoms. The van der Waals surface area contributed by atoms with Gasteiger partial charge in [-0.3, -0.25) is 4.79 Å². The average Bonchev–Trinajstić information content (AvgIpc) is 3.10. The van der Waals surface area contributed by atoms with Gasteiger partial charge in [0.25, 0.3) is 5.56 Å². The predicted molar refractivity (Wildman–Crippen MR) is 94.3 cm³/mol. The Balaban J connectivity index is 1.79. The second kappa shape index (κ2) is 6.50. The van der Waals surface area contributed by atoms with Crippen LogP contribution in [0.4, 0.5) is 13.2 Å². The first-order chi connectivity index (χ1) is 12.4. The number of aromatic nitrogens is 3. The summed E-state index contributed by atoms with van der Waals surface area (Å²) in [5, 5.41) is 2.70. The zero-order valence-corrected chi connectivity index (χ0v) is 14.6. The second-order valence-electron chi connectivity index (χ2n) is 6.52. The number of nitrogens with one attached hydrogen (secondary N) is 1. The molecule has 3 aromatic rings. The van der Waals surface area contributed by atoms with Crippen molar-refractivity contribution in [2.24, 2.45) is 0 Å². The van der Waals surface area contributed by atoms with E-state index < -0.39 is 17.4 Å². The van der Waals surface area contributed by atoms with Crippen LogP contribution in [0.3, 0.4) is 0 Å². The molecular formula is C18H16F3N3OS. The van der Waals surface area contributed by atoms with Crippen LogP contribution in [0.2, 0.25) is 0 Å². The Kier molecular flexibility index (Phi) is 4.30. The molecule has 0 amide bonds. The molecule has 0 aliphatic heterocycles. The van der Waals surface area contributed by atoms with Gasteiger partial charge in [-0.25, -0.2) is 9.97 Å². The normalized spacial score (nSPS) is 16.3. The van der Waals surface area contributed by atoms with Crippen molar-refractivity contribution in [2.45, 2.75) is 44.2 Å². The van der Waals surface area contributed by atoms with Crippen LogP contribution in [0.25, 0.3) is 21.6 Å². The van der Waals surface area contributed by atoms with Gasteiger partial charge in [-0.1, -0.05) is 25.3 Å². The average molecular weight is 379 g/mol. The van der Waals surface area contributed by atoms with Crippen LogP contribution >= 0.6 is 11.3 Å². The molecule has 0 bridgehead atoms. The molecule has 0 saturated heterocycles. The summed E-state index contributed by atoms with van der Waals surface area (Å²) < 4.78 is 38.7. The Morgan fingerprint density at radius 3 is 2.62 bits per heavy atom. The van der Waals surface area contributed by atoms with Crippen LogP contribution in [-0.4, -0.2) is 15.0 Å². The number of benzene rings is 1. The number of thiazole rings is 1. The topological polar surface area (TPSA) is 58.6 Å². The molecule has 0 unspecified atom stereocenters. The Hall–Kier alpha value is -2.22. The van der Waals surface area contributed by atoms with E-state index in [0.717, 1.165) is 18.5 Å². The number of alkyl halides is 3. The second-order valence-corrected chi connectivity index (χ2v) is 7.38. The van der Waals surface area contributed by atoms with Gasteiger partial charge < -0.3 is 4.98 Å². The van der Waals surface area contributed by atoms with Crippen LogP contribution in [0.5, 0.6) is 0 Å². The van der Waals surface area contributed by atoms with Crippen molar-refractivity contribution in [3.05, 3.63) is 45.3 Å². The fourth-order valence-corrected chi connectivity index (χ4v) is 4.41. The van der Waals surface area contributed by atoms with Crippen molar-refractivity contribution in [1.29, 1.82) is 0 Å². The lowest BCUT2D eigenvalue weighted by molar-refractivity contribution is -0.142. The van der Waals surface area contributed by atoms with Gasteiger partial charge in [0.1, 0.15) is 5.01 Å². The molecule has 0 atom stereocenters. The minimum Gasteiger partial charge on any atom is -0.318 e. The van der Waals surface area contributed by atoms with Crippen LogP contribution in [-0.2, 0) is 6.18 Å². The Bertz CT molecular complexity index is 1000. The van der Waals surface area contributed by atoms with E-state index in [4.69, 9.17) is 4.98 Å². The minimum atomic E-state index is -4.78. The molecule has 2 heterocycles. The van der Waals surface area contributed by atoms with Crippen LogP contribution < -0.4 is 5.56 Å². The summed E-state index contributed by atoms with van der Waals surface area (Å²) in [6.45, 7) is 0. The van der Waals surface area contributed by atoms with Crippen molar-refractivity contribution >= 4 is 22.4 Å². The van der Waals surface area contributed by atoms with Crippen LogP contribution in [0, 0.1) is 0 Å². The summed E-state index contributed by atoms with van der Waals surface area (Å²) in [5.74, 6) is 0.442. The lowest BCUT2D eigenvalue weighted by Gasteiger charge is -2.19. The van der Waals surface area contributed by atoms with E-state index in [1.54, 1.807) is 12.1 Å². The maximum atomic E-state index is 12.9. The molecule has 4 rings (SSSR count). The first kappa shape index (κ1) is 17.2. The molecule has 0 spiro atoms. The van der Waals surface area contributed by atoms with Gasteiger partial charge in [0, 0.05) is 16.9 Å². The lowest BCUT2D eigenvalue weighted by Crippen LogP contribution is -2.23. The van der Waals surface area contributed by atoms with E-state index in [2.05, 4.69) is 9.97 Å². The first-order valence-electron chi connectivity index (χ1n) is 8.49. The van der Waals surface area contributed by atoms with Crippen molar-refractivity contribution in [2.75, 3.05) is 0 Å². The van der Waals surface area contributed by atoms with E-state index in [1.807, 2.05) is 5.38 Å². The number of halogens is 3. The number of fused-ring (bicyclic) bond motifs is 1. The first-order valence-corrected chi connectivity index (χ1v) is 9.37. The van der Waals surface area contributed by atoms with Crippen molar-refractivity contribution < 1.29 is 13.2 Å². The van der Waals surface area contributed by atoms with Gasteiger partial charge in [-0.05, 0) is 25.0 Å². The largest absolute Gasteiger partial charge is 0.438 e. The standard InChI is InChI=1S/C18H16F3N3OS/c19-18(20,21)15-16(25)24-14-11(7-4-8-12(14)22-15)17-23-13(9-26-17)10-5-2-1-3-6-10/h4,7-10H,1-3,5-6H2,(H,24,25). The smallest absolute Gasteiger partial charge is 0.318 e. The summed E-state index contributed by atoms with van der Waals surface area (Å²) in [5.41, 5.74) is -0.638. The lowest BCUT2D eigenvalue weighted by atomic mass is 9.87. The third-order valence-electron chi connectivity index (χ3n) is 4.77. The molecular weight excluding hydrogens is 363 g/mol. The molecule has 4 nitrogen and oxygen atoms in total. The molecule has 1 fully saturated rings. The van der Waals surface area contributed by atoms with E-state index in [9.17, 15) is 18.0 Å². The number of aromatic amines is 1. The zero-order chi connectivity index (χ0) is 18.3.